The predicted octanol–water partition coefficient (Wildman–Crippen LogP) is 5.00. The molecule has 3 aromatic carbocycles. The summed E-state index contributed by atoms with van der Waals surface area (Å²) in [6.45, 7) is 0.394. The van der Waals surface area contributed by atoms with Gasteiger partial charge in [0.2, 0.25) is 5.91 Å². The number of nitrogens with one attached hydrogen (secondary N) is 5. The molecule has 0 aromatic heterocycles. The largest absolute Gasteiger partial charge is 0.416 e. The SMILES string of the molecule is O=C(CCCCCNC(=O)c1ccc(NC(=O)NC(C(=O)Nc2cccc(C(F)(F)F)c2)c2ccccc2)cc1)NO. The number of carbonyl (C=O) groups is 4. The fraction of sp³-hybridized carbons (Fsp3) is 0.241. The Hall–Kier alpha value is -4.91. The summed E-state index contributed by atoms with van der Waals surface area (Å²) in [7, 11) is 0. The van der Waals surface area contributed by atoms with Crippen LogP contribution in [0.2, 0.25) is 0 Å². The van der Waals surface area contributed by atoms with Crippen molar-refractivity contribution in [1.82, 2.24) is 16.1 Å². The van der Waals surface area contributed by atoms with Gasteiger partial charge in [-0.25, -0.2) is 10.3 Å². The zero-order valence-electron chi connectivity index (χ0n) is 22.3. The molecule has 42 heavy (non-hydrogen) atoms. The van der Waals surface area contributed by atoms with Crippen LogP contribution in [0.15, 0.2) is 78.9 Å². The van der Waals surface area contributed by atoms with Crippen molar-refractivity contribution in [2.45, 2.75) is 37.9 Å². The minimum Gasteiger partial charge on any atom is -0.352 e. The van der Waals surface area contributed by atoms with Crippen LogP contribution in [0.4, 0.5) is 29.3 Å². The highest BCUT2D eigenvalue weighted by atomic mass is 19.4. The average Bonchev–Trinajstić information content (AvgIpc) is 2.97. The molecule has 1 atom stereocenters. The summed E-state index contributed by atoms with van der Waals surface area (Å²) in [5, 5.41) is 18.8. The van der Waals surface area contributed by atoms with E-state index in [-0.39, 0.29) is 18.0 Å². The quantitative estimate of drug-likeness (QED) is 0.101. The molecule has 0 radical (unpaired) electrons. The number of unbranched alkanes of at least 4 members (excludes halogenated alkanes) is 2. The summed E-state index contributed by atoms with van der Waals surface area (Å²) in [6.07, 6.45) is -2.49. The summed E-state index contributed by atoms with van der Waals surface area (Å²) in [5.41, 5.74) is 1.63. The third kappa shape index (κ3) is 9.93. The average molecular weight is 586 g/mol. The lowest BCUT2D eigenvalue weighted by Gasteiger charge is -2.20. The summed E-state index contributed by atoms with van der Waals surface area (Å²) in [5.74, 6) is -1.54. The van der Waals surface area contributed by atoms with E-state index in [0.29, 0.717) is 42.6 Å². The van der Waals surface area contributed by atoms with E-state index in [2.05, 4.69) is 21.3 Å². The van der Waals surface area contributed by atoms with Gasteiger partial charge in [0, 0.05) is 29.9 Å². The molecule has 0 aliphatic carbocycles. The second-order valence-electron chi connectivity index (χ2n) is 9.19. The Bertz CT molecular complexity index is 1370. The summed E-state index contributed by atoms with van der Waals surface area (Å²) in [4.78, 5) is 49.2. The third-order valence-corrected chi connectivity index (χ3v) is 6.02. The lowest BCUT2D eigenvalue weighted by atomic mass is 10.1. The van der Waals surface area contributed by atoms with Crippen LogP contribution < -0.4 is 26.7 Å². The molecular weight excluding hydrogens is 555 g/mol. The van der Waals surface area contributed by atoms with Gasteiger partial charge in [0.05, 0.1) is 5.56 Å². The molecule has 0 aliphatic rings. The van der Waals surface area contributed by atoms with Crippen LogP contribution >= 0.6 is 0 Å². The maximum absolute atomic E-state index is 13.1. The van der Waals surface area contributed by atoms with E-state index >= 15 is 0 Å². The first kappa shape index (κ1) is 31.6. The number of hydroxylamine groups is 1. The van der Waals surface area contributed by atoms with E-state index in [4.69, 9.17) is 5.21 Å². The maximum atomic E-state index is 13.1. The van der Waals surface area contributed by atoms with Crippen LogP contribution in [0.3, 0.4) is 0 Å². The monoisotopic (exact) mass is 585 g/mol. The molecule has 0 spiro atoms. The third-order valence-electron chi connectivity index (χ3n) is 6.02. The predicted molar refractivity (Wildman–Crippen MR) is 149 cm³/mol. The van der Waals surface area contributed by atoms with Gasteiger partial charge in [0.15, 0.2) is 0 Å². The lowest BCUT2D eigenvalue weighted by molar-refractivity contribution is -0.137. The summed E-state index contributed by atoms with van der Waals surface area (Å²) < 4.78 is 39.3. The zero-order chi connectivity index (χ0) is 30.5. The zero-order valence-corrected chi connectivity index (χ0v) is 22.3. The molecular formula is C29H30F3N5O5. The highest BCUT2D eigenvalue weighted by Crippen LogP contribution is 2.31. The van der Waals surface area contributed by atoms with Gasteiger partial charge in [0.1, 0.15) is 6.04 Å². The number of hydrogen-bond donors (Lipinski definition) is 6. The van der Waals surface area contributed by atoms with Gasteiger partial charge in [-0.15, -0.1) is 0 Å². The molecule has 0 aliphatic heterocycles. The first-order valence-electron chi connectivity index (χ1n) is 13.0. The standard InChI is InChI=1S/C29H30F3N5O5/c30-29(31,32)21-10-7-11-23(18-21)34-27(40)25(19-8-3-1-4-9-19)36-28(41)35-22-15-13-20(14-16-22)26(39)33-17-6-2-5-12-24(38)37-42/h1,3-4,7-11,13-16,18,25,42H,2,5-6,12,17H2,(H,33,39)(H,34,40)(H,37,38)(H2,35,36,41). The van der Waals surface area contributed by atoms with Crippen molar-refractivity contribution in [3.8, 4) is 0 Å². The van der Waals surface area contributed by atoms with E-state index in [0.717, 1.165) is 12.1 Å². The summed E-state index contributed by atoms with van der Waals surface area (Å²) in [6, 6.07) is 16.4. The Kier molecular flexibility index (Phi) is 11.4. The first-order valence-corrected chi connectivity index (χ1v) is 13.0. The van der Waals surface area contributed by atoms with Crippen LogP contribution in [0.25, 0.3) is 0 Å². The molecule has 3 rings (SSSR count). The smallest absolute Gasteiger partial charge is 0.352 e. The molecule has 3 aromatic rings. The normalized spacial score (nSPS) is 11.6. The Labute approximate surface area is 239 Å². The van der Waals surface area contributed by atoms with Gasteiger partial charge < -0.3 is 21.3 Å². The number of anilines is 2. The van der Waals surface area contributed by atoms with Gasteiger partial charge >= 0.3 is 12.2 Å². The minimum atomic E-state index is -4.59. The van der Waals surface area contributed by atoms with Gasteiger partial charge in [-0.05, 0) is 60.9 Å². The first-order chi connectivity index (χ1) is 20.1. The van der Waals surface area contributed by atoms with Crippen molar-refractivity contribution in [3.63, 3.8) is 0 Å². The Morgan fingerprint density at radius 1 is 0.786 bits per heavy atom. The Morgan fingerprint density at radius 2 is 1.50 bits per heavy atom. The van der Waals surface area contributed by atoms with E-state index in [1.165, 1.54) is 36.4 Å². The topological polar surface area (TPSA) is 149 Å². The molecule has 10 nitrogen and oxygen atoms in total. The molecule has 0 fully saturated rings. The van der Waals surface area contributed by atoms with Crippen LogP contribution in [0.5, 0.6) is 0 Å². The Morgan fingerprint density at radius 3 is 2.17 bits per heavy atom. The van der Waals surface area contributed by atoms with Gasteiger partial charge in [-0.2, -0.15) is 13.2 Å². The molecule has 0 heterocycles. The maximum Gasteiger partial charge on any atom is 0.416 e. The second kappa shape index (κ2) is 15.2. The lowest BCUT2D eigenvalue weighted by Crippen LogP contribution is -2.39. The van der Waals surface area contributed by atoms with Crippen molar-refractivity contribution in [2.75, 3.05) is 17.2 Å². The van der Waals surface area contributed by atoms with E-state index in [1.54, 1.807) is 35.8 Å². The van der Waals surface area contributed by atoms with Crippen LogP contribution in [0, 0.1) is 0 Å². The number of hydrogen-bond acceptors (Lipinski definition) is 5. The molecule has 0 saturated carbocycles. The number of urea groups is 1. The van der Waals surface area contributed by atoms with Crippen molar-refractivity contribution in [1.29, 1.82) is 0 Å². The molecule has 5 amide bonds. The van der Waals surface area contributed by atoms with Crippen LogP contribution in [-0.2, 0) is 15.8 Å². The number of carbonyl (C=O) groups excluding carboxylic acids is 4. The van der Waals surface area contributed by atoms with Gasteiger partial charge in [0.25, 0.3) is 11.8 Å². The molecule has 6 N–H and O–H groups in total. The number of halogens is 3. The van der Waals surface area contributed by atoms with E-state index < -0.39 is 35.6 Å². The molecule has 0 bridgehead atoms. The number of rotatable bonds is 12. The number of alkyl halides is 3. The molecule has 222 valence electrons. The van der Waals surface area contributed by atoms with Crippen molar-refractivity contribution < 1.29 is 37.6 Å². The van der Waals surface area contributed by atoms with Crippen molar-refractivity contribution in [2.24, 2.45) is 0 Å². The molecule has 1 unspecified atom stereocenters. The van der Waals surface area contributed by atoms with Crippen molar-refractivity contribution in [3.05, 3.63) is 95.6 Å². The second-order valence-corrected chi connectivity index (χ2v) is 9.19. The minimum absolute atomic E-state index is 0.0825. The fourth-order valence-electron chi connectivity index (χ4n) is 3.88. The van der Waals surface area contributed by atoms with Gasteiger partial charge in [-0.1, -0.05) is 42.8 Å². The van der Waals surface area contributed by atoms with Crippen molar-refractivity contribution >= 4 is 35.1 Å². The van der Waals surface area contributed by atoms with Gasteiger partial charge in [-0.3, -0.25) is 19.6 Å². The highest BCUT2D eigenvalue weighted by Gasteiger charge is 2.31. The van der Waals surface area contributed by atoms with Crippen LogP contribution in [0.1, 0.15) is 53.2 Å². The number of amides is 5. The van der Waals surface area contributed by atoms with E-state index in [9.17, 15) is 32.3 Å². The summed E-state index contributed by atoms with van der Waals surface area (Å²) >= 11 is 0. The van der Waals surface area contributed by atoms with Crippen LogP contribution in [-0.4, -0.2) is 35.5 Å². The highest BCUT2D eigenvalue weighted by molar-refractivity contribution is 6.00. The molecule has 0 saturated heterocycles. The van der Waals surface area contributed by atoms with E-state index in [1.807, 2.05) is 0 Å². The Balaban J connectivity index is 1.57. The fourth-order valence-corrected chi connectivity index (χ4v) is 3.88. The molecule has 13 heteroatoms. The number of benzene rings is 3.